The Bertz CT molecular complexity index is 553. The van der Waals surface area contributed by atoms with Gasteiger partial charge in [0.15, 0.2) is 0 Å². The second-order valence-electron chi connectivity index (χ2n) is 4.64. The van der Waals surface area contributed by atoms with Gasteiger partial charge in [-0.2, -0.15) is 0 Å². The average molecular weight is 298 g/mol. The summed E-state index contributed by atoms with van der Waals surface area (Å²) < 4.78 is 13.8. The molecule has 0 spiro atoms. The van der Waals surface area contributed by atoms with Crippen LogP contribution in [0.4, 0.5) is 4.39 Å². The van der Waals surface area contributed by atoms with Gasteiger partial charge in [0, 0.05) is 10.9 Å². The summed E-state index contributed by atoms with van der Waals surface area (Å²) in [5.74, 6) is -0.171. The Morgan fingerprint density at radius 3 is 2.74 bits per heavy atom. The van der Waals surface area contributed by atoms with E-state index < -0.39 is 0 Å². The maximum absolute atomic E-state index is 13.0. The van der Waals surface area contributed by atoms with Gasteiger partial charge >= 0.3 is 0 Å². The van der Waals surface area contributed by atoms with Crippen LogP contribution >= 0.6 is 22.9 Å². The highest BCUT2D eigenvalue weighted by Crippen LogP contribution is 2.26. The average Bonchev–Trinajstić information content (AvgIpc) is 2.78. The zero-order valence-electron chi connectivity index (χ0n) is 11.0. The molecule has 2 aromatic rings. The SMILES string of the molecule is Cc1cc(F)ccc1CCNC(C)c1ccc(Cl)s1. The second kappa shape index (κ2) is 6.51. The molecule has 0 fully saturated rings. The Labute approximate surface area is 122 Å². The number of halogens is 2. The molecule has 0 bridgehead atoms. The highest BCUT2D eigenvalue weighted by molar-refractivity contribution is 7.16. The fourth-order valence-electron chi connectivity index (χ4n) is 2.02. The molecule has 0 aliphatic heterocycles. The smallest absolute Gasteiger partial charge is 0.123 e. The van der Waals surface area contributed by atoms with Crippen molar-refractivity contribution in [3.63, 3.8) is 0 Å². The molecule has 102 valence electrons. The van der Waals surface area contributed by atoms with Gasteiger partial charge in [-0.05, 0) is 62.2 Å². The number of thiophene rings is 1. The minimum absolute atomic E-state index is 0.171. The lowest BCUT2D eigenvalue weighted by Crippen LogP contribution is -2.20. The van der Waals surface area contributed by atoms with Crippen molar-refractivity contribution >= 4 is 22.9 Å². The Morgan fingerprint density at radius 1 is 1.32 bits per heavy atom. The van der Waals surface area contributed by atoms with Crippen LogP contribution in [0.1, 0.15) is 29.0 Å². The van der Waals surface area contributed by atoms with Gasteiger partial charge in [0.1, 0.15) is 5.82 Å². The van der Waals surface area contributed by atoms with Crippen LogP contribution in [0.15, 0.2) is 30.3 Å². The van der Waals surface area contributed by atoms with Crippen molar-refractivity contribution in [1.29, 1.82) is 0 Å². The lowest BCUT2D eigenvalue weighted by Gasteiger charge is -2.13. The summed E-state index contributed by atoms with van der Waals surface area (Å²) in [4.78, 5) is 1.24. The van der Waals surface area contributed by atoms with Gasteiger partial charge in [-0.25, -0.2) is 4.39 Å². The summed E-state index contributed by atoms with van der Waals surface area (Å²) in [6.45, 7) is 4.93. The monoisotopic (exact) mass is 297 g/mol. The maximum Gasteiger partial charge on any atom is 0.123 e. The Hall–Kier alpha value is -0.900. The van der Waals surface area contributed by atoms with E-state index in [1.54, 1.807) is 17.4 Å². The normalized spacial score (nSPS) is 12.6. The van der Waals surface area contributed by atoms with E-state index >= 15 is 0 Å². The van der Waals surface area contributed by atoms with E-state index in [4.69, 9.17) is 11.6 Å². The number of nitrogens with one attached hydrogen (secondary N) is 1. The van der Waals surface area contributed by atoms with Crippen molar-refractivity contribution in [1.82, 2.24) is 5.32 Å². The van der Waals surface area contributed by atoms with Gasteiger partial charge in [-0.3, -0.25) is 0 Å². The number of hydrogen-bond donors (Lipinski definition) is 1. The molecule has 4 heteroatoms. The minimum Gasteiger partial charge on any atom is -0.309 e. The van der Waals surface area contributed by atoms with E-state index in [1.165, 1.54) is 16.5 Å². The first-order valence-electron chi connectivity index (χ1n) is 6.30. The lowest BCUT2D eigenvalue weighted by atomic mass is 10.1. The topological polar surface area (TPSA) is 12.0 Å². The van der Waals surface area contributed by atoms with E-state index in [0.717, 1.165) is 22.9 Å². The molecule has 1 nitrogen and oxygen atoms in total. The van der Waals surface area contributed by atoms with Crippen molar-refractivity contribution in [2.75, 3.05) is 6.54 Å². The van der Waals surface area contributed by atoms with Gasteiger partial charge in [-0.1, -0.05) is 17.7 Å². The third kappa shape index (κ3) is 4.03. The molecule has 1 aromatic carbocycles. The quantitative estimate of drug-likeness (QED) is 0.840. The summed E-state index contributed by atoms with van der Waals surface area (Å²) in [7, 11) is 0. The van der Waals surface area contributed by atoms with Crippen LogP contribution in [-0.2, 0) is 6.42 Å². The molecule has 2 rings (SSSR count). The van der Waals surface area contributed by atoms with Gasteiger partial charge in [0.2, 0.25) is 0 Å². The number of hydrogen-bond acceptors (Lipinski definition) is 2. The van der Waals surface area contributed by atoms with Crippen LogP contribution in [0.5, 0.6) is 0 Å². The van der Waals surface area contributed by atoms with Crippen molar-refractivity contribution in [2.45, 2.75) is 26.3 Å². The first-order valence-corrected chi connectivity index (χ1v) is 7.49. The number of benzene rings is 1. The molecule has 0 saturated carbocycles. The molecule has 1 atom stereocenters. The Morgan fingerprint density at radius 2 is 2.11 bits per heavy atom. The molecule has 0 saturated heterocycles. The van der Waals surface area contributed by atoms with Crippen LogP contribution in [0.3, 0.4) is 0 Å². The highest BCUT2D eigenvalue weighted by atomic mass is 35.5. The van der Waals surface area contributed by atoms with Gasteiger partial charge in [0.25, 0.3) is 0 Å². The summed E-state index contributed by atoms with van der Waals surface area (Å²) in [5.41, 5.74) is 2.19. The van der Waals surface area contributed by atoms with E-state index in [2.05, 4.69) is 12.2 Å². The van der Waals surface area contributed by atoms with Crippen LogP contribution in [0.25, 0.3) is 0 Å². The largest absolute Gasteiger partial charge is 0.309 e. The third-order valence-corrected chi connectivity index (χ3v) is 4.58. The highest BCUT2D eigenvalue weighted by Gasteiger charge is 2.07. The molecule has 1 aromatic heterocycles. The van der Waals surface area contributed by atoms with Gasteiger partial charge in [0.05, 0.1) is 4.34 Å². The van der Waals surface area contributed by atoms with Crippen molar-refractivity contribution in [3.8, 4) is 0 Å². The predicted octanol–water partition coefficient (Wildman–Crippen LogP) is 4.74. The van der Waals surface area contributed by atoms with E-state index in [1.807, 2.05) is 25.1 Å². The van der Waals surface area contributed by atoms with E-state index in [0.29, 0.717) is 6.04 Å². The Kier molecular flexibility index (Phi) is 4.97. The standard InChI is InChI=1S/C15H17ClFNS/c1-10-9-13(17)4-3-12(10)7-8-18-11(2)14-5-6-15(16)19-14/h3-6,9,11,18H,7-8H2,1-2H3. The zero-order chi connectivity index (χ0) is 13.8. The summed E-state index contributed by atoms with van der Waals surface area (Å²) in [6, 6.07) is 9.22. The molecule has 0 amide bonds. The fraction of sp³-hybridized carbons (Fsp3) is 0.333. The van der Waals surface area contributed by atoms with Gasteiger partial charge < -0.3 is 5.32 Å². The second-order valence-corrected chi connectivity index (χ2v) is 6.39. The van der Waals surface area contributed by atoms with Gasteiger partial charge in [-0.15, -0.1) is 11.3 Å². The molecule has 19 heavy (non-hydrogen) atoms. The molecule has 0 aliphatic rings. The molecule has 1 unspecified atom stereocenters. The molecule has 1 N–H and O–H groups in total. The van der Waals surface area contributed by atoms with Crippen molar-refractivity contribution in [3.05, 3.63) is 56.5 Å². The molecular weight excluding hydrogens is 281 g/mol. The fourth-order valence-corrected chi connectivity index (χ4v) is 3.11. The first kappa shape index (κ1) is 14.5. The van der Waals surface area contributed by atoms with Crippen LogP contribution in [-0.4, -0.2) is 6.54 Å². The minimum atomic E-state index is -0.171. The first-order chi connectivity index (χ1) is 9.06. The van der Waals surface area contributed by atoms with E-state index in [-0.39, 0.29) is 5.82 Å². The third-order valence-electron chi connectivity index (χ3n) is 3.17. The van der Waals surface area contributed by atoms with Crippen molar-refractivity contribution in [2.24, 2.45) is 0 Å². The van der Waals surface area contributed by atoms with Crippen LogP contribution in [0, 0.1) is 12.7 Å². The zero-order valence-corrected chi connectivity index (χ0v) is 12.6. The summed E-state index contributed by atoms with van der Waals surface area (Å²) in [5, 5.41) is 3.46. The predicted molar refractivity (Wildman–Crippen MR) is 80.6 cm³/mol. The molecule has 1 heterocycles. The molecule has 0 aliphatic carbocycles. The molecule has 0 radical (unpaired) electrons. The number of aryl methyl sites for hydroxylation is 1. The molecular formula is C15H17ClFNS. The number of rotatable bonds is 5. The summed E-state index contributed by atoms with van der Waals surface area (Å²) in [6.07, 6.45) is 0.898. The van der Waals surface area contributed by atoms with Crippen LogP contribution < -0.4 is 5.32 Å². The lowest BCUT2D eigenvalue weighted by molar-refractivity contribution is 0.582. The van der Waals surface area contributed by atoms with E-state index in [9.17, 15) is 4.39 Å². The Balaban J connectivity index is 1.86. The van der Waals surface area contributed by atoms with Crippen molar-refractivity contribution < 1.29 is 4.39 Å². The maximum atomic E-state index is 13.0. The summed E-state index contributed by atoms with van der Waals surface area (Å²) >= 11 is 7.53. The van der Waals surface area contributed by atoms with Crippen LogP contribution in [0.2, 0.25) is 4.34 Å².